The molecular weight excluding hydrogens is 342 g/mol. The Labute approximate surface area is 160 Å². The molecular formula is C21H27N3O3. The molecule has 1 fully saturated rings. The highest BCUT2D eigenvalue weighted by Gasteiger charge is 2.25. The summed E-state index contributed by atoms with van der Waals surface area (Å²) in [6.45, 7) is 8.86. The van der Waals surface area contributed by atoms with E-state index in [1.165, 1.54) is 0 Å². The van der Waals surface area contributed by atoms with Crippen molar-refractivity contribution >= 4 is 11.8 Å². The number of ether oxygens (including phenoxy) is 1. The van der Waals surface area contributed by atoms with E-state index in [4.69, 9.17) is 4.74 Å². The number of H-pyrrole nitrogens is 1. The Balaban J connectivity index is 1.71. The number of nitrogens with zero attached hydrogens (tertiary/aromatic N) is 2. The van der Waals surface area contributed by atoms with Crippen molar-refractivity contribution in [2.45, 2.75) is 27.2 Å². The van der Waals surface area contributed by atoms with Gasteiger partial charge in [-0.1, -0.05) is 0 Å². The third-order valence-corrected chi connectivity index (χ3v) is 4.97. The van der Waals surface area contributed by atoms with Gasteiger partial charge in [-0.25, -0.2) is 0 Å². The zero-order chi connectivity index (χ0) is 19.4. The second-order valence-corrected chi connectivity index (χ2v) is 6.90. The van der Waals surface area contributed by atoms with Crippen LogP contribution < -0.4 is 4.74 Å². The first-order valence-electron chi connectivity index (χ1n) is 9.46. The lowest BCUT2D eigenvalue weighted by Gasteiger charge is -2.23. The van der Waals surface area contributed by atoms with Crippen LogP contribution >= 0.6 is 0 Å². The SMILES string of the molecule is CCOc1cc(C)c(C(=O)N2CCCN(C(=O)c3cc[nH]c3)CC2)cc1C. The first kappa shape index (κ1) is 19.0. The predicted molar refractivity (Wildman–Crippen MR) is 104 cm³/mol. The quantitative estimate of drug-likeness (QED) is 0.901. The number of hydrogen-bond acceptors (Lipinski definition) is 3. The number of amides is 2. The molecule has 0 spiro atoms. The maximum atomic E-state index is 13.1. The lowest BCUT2D eigenvalue weighted by atomic mass is 10.0. The summed E-state index contributed by atoms with van der Waals surface area (Å²) in [5.74, 6) is 0.860. The highest BCUT2D eigenvalue weighted by atomic mass is 16.5. The minimum Gasteiger partial charge on any atom is -0.494 e. The van der Waals surface area contributed by atoms with Gasteiger partial charge in [-0.2, -0.15) is 0 Å². The highest BCUT2D eigenvalue weighted by Crippen LogP contribution is 2.24. The van der Waals surface area contributed by atoms with Gasteiger partial charge in [0, 0.05) is 44.1 Å². The summed E-state index contributed by atoms with van der Waals surface area (Å²) < 4.78 is 5.62. The summed E-state index contributed by atoms with van der Waals surface area (Å²) in [5.41, 5.74) is 3.25. The van der Waals surface area contributed by atoms with Gasteiger partial charge < -0.3 is 19.5 Å². The third kappa shape index (κ3) is 4.15. The van der Waals surface area contributed by atoms with Gasteiger partial charge in [0.2, 0.25) is 0 Å². The zero-order valence-corrected chi connectivity index (χ0v) is 16.2. The fraction of sp³-hybridized carbons (Fsp3) is 0.429. The minimum absolute atomic E-state index is 0.0126. The van der Waals surface area contributed by atoms with Crippen LogP contribution in [0.15, 0.2) is 30.6 Å². The molecule has 1 aliphatic heterocycles. The Morgan fingerprint density at radius 1 is 1.04 bits per heavy atom. The van der Waals surface area contributed by atoms with Crippen LogP contribution in [0.2, 0.25) is 0 Å². The van der Waals surface area contributed by atoms with E-state index < -0.39 is 0 Å². The van der Waals surface area contributed by atoms with Crippen LogP contribution in [0.4, 0.5) is 0 Å². The van der Waals surface area contributed by atoms with Gasteiger partial charge in [0.15, 0.2) is 0 Å². The number of rotatable bonds is 4. The van der Waals surface area contributed by atoms with Crippen molar-refractivity contribution in [3.05, 3.63) is 52.8 Å². The van der Waals surface area contributed by atoms with Gasteiger partial charge in [-0.05, 0) is 56.5 Å². The molecule has 1 saturated heterocycles. The fourth-order valence-corrected chi connectivity index (χ4v) is 3.46. The summed E-state index contributed by atoms with van der Waals surface area (Å²) >= 11 is 0. The monoisotopic (exact) mass is 369 g/mol. The van der Waals surface area contributed by atoms with Crippen molar-refractivity contribution in [2.24, 2.45) is 0 Å². The van der Waals surface area contributed by atoms with Gasteiger partial charge in [-0.15, -0.1) is 0 Å². The molecule has 0 saturated carbocycles. The van der Waals surface area contributed by atoms with Gasteiger partial charge in [0.1, 0.15) is 5.75 Å². The standard InChI is InChI=1S/C21H27N3O3/c1-4-27-19-13-15(2)18(12-16(19)3)21(26)24-9-5-8-23(10-11-24)20(25)17-6-7-22-14-17/h6-7,12-14,22H,4-5,8-11H2,1-3H3. The Bertz CT molecular complexity index is 814. The minimum atomic E-state index is 0.0126. The molecule has 1 aromatic carbocycles. The van der Waals surface area contributed by atoms with Crippen molar-refractivity contribution < 1.29 is 14.3 Å². The van der Waals surface area contributed by atoms with Crippen molar-refractivity contribution in [1.82, 2.24) is 14.8 Å². The molecule has 2 heterocycles. The van der Waals surface area contributed by atoms with Crippen molar-refractivity contribution in [1.29, 1.82) is 0 Å². The number of carbonyl (C=O) groups is 2. The van der Waals surface area contributed by atoms with Crippen LogP contribution in [0, 0.1) is 13.8 Å². The number of aromatic amines is 1. The average Bonchev–Trinajstić information content (AvgIpc) is 3.08. The maximum Gasteiger partial charge on any atom is 0.255 e. The summed E-state index contributed by atoms with van der Waals surface area (Å²) in [5, 5.41) is 0. The summed E-state index contributed by atoms with van der Waals surface area (Å²) in [7, 11) is 0. The molecule has 3 rings (SSSR count). The first-order valence-corrected chi connectivity index (χ1v) is 9.46. The molecule has 2 amide bonds. The van der Waals surface area contributed by atoms with Crippen LogP contribution in [0.3, 0.4) is 0 Å². The second-order valence-electron chi connectivity index (χ2n) is 6.90. The molecule has 0 aliphatic carbocycles. The third-order valence-electron chi connectivity index (χ3n) is 4.97. The normalized spacial score (nSPS) is 14.8. The van der Waals surface area contributed by atoms with E-state index in [0.717, 1.165) is 23.3 Å². The first-order chi connectivity index (χ1) is 13.0. The molecule has 0 unspecified atom stereocenters. The fourth-order valence-electron chi connectivity index (χ4n) is 3.46. The molecule has 0 atom stereocenters. The summed E-state index contributed by atoms with van der Waals surface area (Å²) in [4.78, 5) is 32.2. The largest absolute Gasteiger partial charge is 0.494 e. The molecule has 1 aliphatic rings. The Kier molecular flexibility index (Phi) is 5.84. The Hall–Kier alpha value is -2.76. The van der Waals surface area contributed by atoms with Gasteiger partial charge in [0.25, 0.3) is 11.8 Å². The van der Waals surface area contributed by atoms with Crippen LogP contribution in [-0.2, 0) is 0 Å². The lowest BCUT2D eigenvalue weighted by molar-refractivity contribution is 0.0718. The smallest absolute Gasteiger partial charge is 0.255 e. The Morgan fingerprint density at radius 2 is 1.74 bits per heavy atom. The molecule has 1 N–H and O–H groups in total. The number of aromatic nitrogens is 1. The van der Waals surface area contributed by atoms with E-state index in [2.05, 4.69) is 4.98 Å². The number of benzene rings is 1. The van der Waals surface area contributed by atoms with Crippen molar-refractivity contribution in [3.8, 4) is 5.75 Å². The van der Waals surface area contributed by atoms with E-state index in [0.29, 0.717) is 43.9 Å². The summed E-state index contributed by atoms with van der Waals surface area (Å²) in [6, 6.07) is 5.63. The van der Waals surface area contributed by atoms with E-state index in [9.17, 15) is 9.59 Å². The zero-order valence-electron chi connectivity index (χ0n) is 16.2. The maximum absolute atomic E-state index is 13.1. The van der Waals surface area contributed by atoms with Crippen LogP contribution in [-0.4, -0.2) is 59.4 Å². The molecule has 0 bridgehead atoms. The van der Waals surface area contributed by atoms with Gasteiger partial charge >= 0.3 is 0 Å². The molecule has 144 valence electrons. The van der Waals surface area contributed by atoms with E-state index in [1.807, 2.05) is 42.7 Å². The molecule has 0 radical (unpaired) electrons. The lowest BCUT2D eigenvalue weighted by Crippen LogP contribution is -2.37. The highest BCUT2D eigenvalue weighted by molar-refractivity contribution is 5.96. The number of nitrogens with one attached hydrogen (secondary N) is 1. The van der Waals surface area contributed by atoms with Gasteiger partial charge in [-0.3, -0.25) is 9.59 Å². The second kappa shape index (κ2) is 8.29. The number of aryl methyl sites for hydroxylation is 2. The van der Waals surface area contributed by atoms with E-state index >= 15 is 0 Å². The molecule has 6 heteroatoms. The molecule has 27 heavy (non-hydrogen) atoms. The van der Waals surface area contributed by atoms with Gasteiger partial charge in [0.05, 0.1) is 12.2 Å². The van der Waals surface area contributed by atoms with Crippen LogP contribution in [0.25, 0.3) is 0 Å². The average molecular weight is 369 g/mol. The van der Waals surface area contributed by atoms with Crippen molar-refractivity contribution in [3.63, 3.8) is 0 Å². The predicted octanol–water partition coefficient (Wildman–Crippen LogP) is 3.02. The number of hydrogen-bond donors (Lipinski definition) is 1. The van der Waals surface area contributed by atoms with Crippen LogP contribution in [0.1, 0.15) is 45.2 Å². The molecule has 1 aromatic heterocycles. The summed E-state index contributed by atoms with van der Waals surface area (Å²) in [6.07, 6.45) is 4.23. The van der Waals surface area contributed by atoms with E-state index in [-0.39, 0.29) is 11.8 Å². The van der Waals surface area contributed by atoms with Crippen LogP contribution in [0.5, 0.6) is 5.75 Å². The molecule has 2 aromatic rings. The topological polar surface area (TPSA) is 65.6 Å². The Morgan fingerprint density at radius 3 is 2.37 bits per heavy atom. The van der Waals surface area contributed by atoms with Crippen molar-refractivity contribution in [2.75, 3.05) is 32.8 Å². The molecule has 6 nitrogen and oxygen atoms in total. The van der Waals surface area contributed by atoms with E-state index in [1.54, 1.807) is 18.5 Å². The number of carbonyl (C=O) groups excluding carboxylic acids is 2.